The van der Waals surface area contributed by atoms with Gasteiger partial charge in [0.25, 0.3) is 5.56 Å². The van der Waals surface area contributed by atoms with Crippen LogP contribution in [-0.4, -0.2) is 41.8 Å². The van der Waals surface area contributed by atoms with Gasteiger partial charge in [-0.2, -0.15) is 0 Å². The molecule has 1 N–H and O–H groups in total. The van der Waals surface area contributed by atoms with E-state index in [1.165, 1.54) is 5.56 Å². The normalized spacial score (nSPS) is 18.6. The van der Waals surface area contributed by atoms with Crippen molar-refractivity contribution in [2.45, 2.75) is 38.3 Å². The SMILES string of the molecule is COc1ccccc1CC(C)NC1CCCN(c2nccn(C)c2=O)C1. The second-order valence-electron chi connectivity index (χ2n) is 7.04. The molecule has 2 atom stereocenters. The predicted octanol–water partition coefficient (Wildman–Crippen LogP) is 1.98. The van der Waals surface area contributed by atoms with Gasteiger partial charge in [0.15, 0.2) is 5.82 Å². The van der Waals surface area contributed by atoms with E-state index in [-0.39, 0.29) is 5.56 Å². The van der Waals surface area contributed by atoms with Gasteiger partial charge in [0, 0.05) is 44.6 Å². The van der Waals surface area contributed by atoms with E-state index >= 15 is 0 Å². The molecule has 0 aliphatic carbocycles. The van der Waals surface area contributed by atoms with Gasteiger partial charge in [-0.1, -0.05) is 18.2 Å². The largest absolute Gasteiger partial charge is 0.496 e. The van der Waals surface area contributed by atoms with E-state index in [0.717, 1.165) is 38.1 Å². The molecular weight excluding hydrogens is 328 g/mol. The van der Waals surface area contributed by atoms with E-state index in [9.17, 15) is 4.79 Å². The highest BCUT2D eigenvalue weighted by Crippen LogP contribution is 2.20. The maximum absolute atomic E-state index is 12.3. The lowest BCUT2D eigenvalue weighted by atomic mass is 10.0. The van der Waals surface area contributed by atoms with Crippen LogP contribution in [0, 0.1) is 0 Å². The first-order chi connectivity index (χ1) is 12.6. The first kappa shape index (κ1) is 18.5. The fourth-order valence-electron chi connectivity index (χ4n) is 3.67. The average Bonchev–Trinajstić information content (AvgIpc) is 2.64. The minimum absolute atomic E-state index is 0.0322. The number of anilines is 1. The van der Waals surface area contributed by atoms with Crippen LogP contribution in [-0.2, 0) is 13.5 Å². The highest BCUT2D eigenvalue weighted by molar-refractivity contribution is 5.37. The van der Waals surface area contributed by atoms with Crippen molar-refractivity contribution < 1.29 is 4.74 Å². The van der Waals surface area contributed by atoms with Crippen molar-refractivity contribution in [3.05, 3.63) is 52.6 Å². The van der Waals surface area contributed by atoms with Gasteiger partial charge >= 0.3 is 0 Å². The quantitative estimate of drug-likeness (QED) is 0.858. The topological polar surface area (TPSA) is 59.4 Å². The predicted molar refractivity (Wildman–Crippen MR) is 104 cm³/mol. The zero-order valence-corrected chi connectivity index (χ0v) is 15.8. The molecule has 2 unspecified atom stereocenters. The van der Waals surface area contributed by atoms with Crippen molar-refractivity contribution >= 4 is 5.82 Å². The first-order valence-corrected chi connectivity index (χ1v) is 9.23. The molecule has 1 aromatic carbocycles. The molecule has 0 amide bonds. The van der Waals surface area contributed by atoms with Gasteiger partial charge in [0.05, 0.1) is 7.11 Å². The Morgan fingerprint density at radius 1 is 1.38 bits per heavy atom. The van der Waals surface area contributed by atoms with E-state index in [4.69, 9.17) is 4.74 Å². The summed E-state index contributed by atoms with van der Waals surface area (Å²) in [7, 11) is 3.48. The molecule has 0 bridgehead atoms. The van der Waals surface area contributed by atoms with Gasteiger partial charge in [-0.3, -0.25) is 4.79 Å². The van der Waals surface area contributed by atoms with Gasteiger partial charge in [-0.15, -0.1) is 0 Å². The minimum Gasteiger partial charge on any atom is -0.496 e. The van der Waals surface area contributed by atoms with Crippen molar-refractivity contribution in [1.29, 1.82) is 0 Å². The molecule has 0 radical (unpaired) electrons. The summed E-state index contributed by atoms with van der Waals surface area (Å²) < 4.78 is 7.04. The molecule has 2 heterocycles. The molecule has 1 fully saturated rings. The van der Waals surface area contributed by atoms with Crippen molar-refractivity contribution in [2.24, 2.45) is 7.05 Å². The number of aryl methyl sites for hydroxylation is 1. The van der Waals surface area contributed by atoms with Crippen LogP contribution >= 0.6 is 0 Å². The molecule has 26 heavy (non-hydrogen) atoms. The minimum atomic E-state index is -0.0322. The fraction of sp³-hybridized carbons (Fsp3) is 0.500. The Morgan fingerprint density at radius 2 is 2.19 bits per heavy atom. The van der Waals surface area contributed by atoms with Crippen molar-refractivity contribution in [1.82, 2.24) is 14.9 Å². The molecule has 1 saturated heterocycles. The lowest BCUT2D eigenvalue weighted by molar-refractivity contribution is 0.373. The van der Waals surface area contributed by atoms with Crippen molar-refractivity contribution in [3.63, 3.8) is 0 Å². The van der Waals surface area contributed by atoms with Gasteiger partial charge in [0.1, 0.15) is 5.75 Å². The van der Waals surface area contributed by atoms with E-state index < -0.39 is 0 Å². The smallest absolute Gasteiger partial charge is 0.293 e. The van der Waals surface area contributed by atoms with Crippen LogP contribution in [0.25, 0.3) is 0 Å². The number of ether oxygens (including phenoxy) is 1. The lowest BCUT2D eigenvalue weighted by Crippen LogP contribution is -2.50. The van der Waals surface area contributed by atoms with E-state index in [1.807, 2.05) is 18.2 Å². The van der Waals surface area contributed by atoms with Crippen LogP contribution < -0.4 is 20.5 Å². The maximum atomic E-state index is 12.3. The van der Waals surface area contributed by atoms with Crippen LogP contribution in [0.15, 0.2) is 41.5 Å². The zero-order valence-electron chi connectivity index (χ0n) is 15.8. The van der Waals surface area contributed by atoms with E-state index in [0.29, 0.717) is 17.9 Å². The third-order valence-corrected chi connectivity index (χ3v) is 4.96. The number of nitrogens with one attached hydrogen (secondary N) is 1. The summed E-state index contributed by atoms with van der Waals surface area (Å²) in [6.45, 7) is 3.89. The summed E-state index contributed by atoms with van der Waals surface area (Å²) in [5, 5.41) is 3.72. The number of rotatable bonds is 6. The molecule has 1 aromatic heterocycles. The second kappa shape index (κ2) is 8.36. The summed E-state index contributed by atoms with van der Waals surface area (Å²) in [5.41, 5.74) is 1.18. The summed E-state index contributed by atoms with van der Waals surface area (Å²) in [6, 6.07) is 8.82. The van der Waals surface area contributed by atoms with Gasteiger partial charge < -0.3 is 19.5 Å². The monoisotopic (exact) mass is 356 g/mol. The number of hydrogen-bond donors (Lipinski definition) is 1. The number of piperidine rings is 1. The zero-order chi connectivity index (χ0) is 18.5. The number of aromatic nitrogens is 2. The van der Waals surface area contributed by atoms with E-state index in [2.05, 4.69) is 28.2 Å². The van der Waals surface area contributed by atoms with Gasteiger partial charge in [-0.25, -0.2) is 4.98 Å². The molecule has 6 nitrogen and oxygen atoms in total. The summed E-state index contributed by atoms with van der Waals surface area (Å²) in [4.78, 5) is 18.8. The van der Waals surface area contributed by atoms with Crippen LogP contribution in [0.5, 0.6) is 5.75 Å². The molecule has 1 aliphatic rings. The molecule has 1 aliphatic heterocycles. The maximum Gasteiger partial charge on any atom is 0.293 e. The molecule has 6 heteroatoms. The Labute approximate surface area is 154 Å². The van der Waals surface area contributed by atoms with E-state index in [1.54, 1.807) is 31.1 Å². The van der Waals surface area contributed by atoms with Crippen molar-refractivity contribution in [2.75, 3.05) is 25.1 Å². The van der Waals surface area contributed by atoms with Gasteiger partial charge in [0.2, 0.25) is 0 Å². The molecule has 0 spiro atoms. The Bertz CT molecular complexity index is 789. The molecule has 0 saturated carbocycles. The average molecular weight is 356 g/mol. The van der Waals surface area contributed by atoms with Crippen LogP contribution in [0.1, 0.15) is 25.3 Å². The first-order valence-electron chi connectivity index (χ1n) is 9.23. The Morgan fingerprint density at radius 3 is 3.00 bits per heavy atom. The van der Waals surface area contributed by atoms with Gasteiger partial charge in [-0.05, 0) is 37.8 Å². The number of hydrogen-bond acceptors (Lipinski definition) is 5. The Hall–Kier alpha value is -2.34. The third-order valence-electron chi connectivity index (χ3n) is 4.96. The third kappa shape index (κ3) is 4.25. The lowest BCUT2D eigenvalue weighted by Gasteiger charge is -2.35. The standard InChI is InChI=1S/C20H28N4O2/c1-15(13-16-7-4-5-9-18(16)26-3)22-17-8-6-11-24(14-17)19-20(25)23(2)12-10-21-19/h4-5,7,9-10,12,15,17,22H,6,8,11,13-14H2,1-3H3. The highest BCUT2D eigenvalue weighted by Gasteiger charge is 2.24. The van der Waals surface area contributed by atoms with Crippen LogP contribution in [0.2, 0.25) is 0 Å². The van der Waals surface area contributed by atoms with Crippen LogP contribution in [0.3, 0.4) is 0 Å². The second-order valence-corrected chi connectivity index (χ2v) is 7.04. The molecular formula is C20H28N4O2. The van der Waals surface area contributed by atoms with Crippen molar-refractivity contribution in [3.8, 4) is 5.75 Å². The van der Waals surface area contributed by atoms with Crippen LogP contribution in [0.4, 0.5) is 5.82 Å². The number of nitrogens with zero attached hydrogens (tertiary/aromatic N) is 3. The molecule has 3 rings (SSSR count). The molecule has 140 valence electrons. The fourth-order valence-corrected chi connectivity index (χ4v) is 3.67. The Kier molecular flexibility index (Phi) is 5.93. The highest BCUT2D eigenvalue weighted by atomic mass is 16.5. The molecule has 2 aromatic rings. The number of benzene rings is 1. The number of para-hydroxylation sites is 1. The summed E-state index contributed by atoms with van der Waals surface area (Å²) >= 11 is 0. The number of methoxy groups -OCH3 is 1. The Balaban J connectivity index is 1.63. The summed E-state index contributed by atoms with van der Waals surface area (Å²) in [6.07, 6.45) is 6.46. The summed E-state index contributed by atoms with van der Waals surface area (Å²) in [5.74, 6) is 1.49.